The van der Waals surface area contributed by atoms with Crippen molar-refractivity contribution in [3.63, 3.8) is 0 Å². The first kappa shape index (κ1) is 26.7. The molecule has 0 spiro atoms. The molecule has 2 heteroatoms. The van der Waals surface area contributed by atoms with Crippen molar-refractivity contribution in [3.05, 3.63) is 175 Å². The topological polar surface area (TPSA) is 9.86 Å². The summed E-state index contributed by atoms with van der Waals surface area (Å²) in [5.41, 5.74) is 9.98. The Balaban J connectivity index is 1.28. The molecule has 2 aromatic heterocycles. The average Bonchev–Trinajstić information content (AvgIpc) is 3.67. The predicted molar refractivity (Wildman–Crippen MR) is 208 cm³/mol. The van der Waals surface area contributed by atoms with Gasteiger partial charge in [0.05, 0.1) is 16.7 Å². The SMILES string of the molecule is c1cc(Cn2c3ccccc3c3ccccc32)c(-c2ccc3ccc4cccc5ccc2c3c45)c(-n2c3ccccc3c3ccccc32)c1. The first-order valence-corrected chi connectivity index (χ1v) is 17.1. The fraction of sp³-hybridized carbons (Fsp3) is 0.0213. The standard InChI is InChI=1S/C47H30N2/c1-5-18-40-34(14-1)35-15-2-6-19-41(35)48(40)29-33-13-10-22-44(49-42-20-7-3-16-36(42)37-17-4-8-21-43(37)49)46(33)38-27-26-32-24-23-30-11-9-12-31-25-28-39(38)47(32)45(30)31/h1-28H,29H2. The van der Waals surface area contributed by atoms with Crippen LogP contribution in [0.1, 0.15) is 5.56 Å². The van der Waals surface area contributed by atoms with Gasteiger partial charge in [0.15, 0.2) is 0 Å². The van der Waals surface area contributed by atoms with Crippen LogP contribution < -0.4 is 0 Å². The summed E-state index contributed by atoms with van der Waals surface area (Å²) >= 11 is 0. The van der Waals surface area contributed by atoms with Crippen molar-refractivity contribution < 1.29 is 0 Å². The summed E-state index contributed by atoms with van der Waals surface area (Å²) in [5.74, 6) is 0. The van der Waals surface area contributed by atoms with Crippen LogP contribution in [0.5, 0.6) is 0 Å². The largest absolute Gasteiger partial charge is 0.336 e. The highest BCUT2D eigenvalue weighted by molar-refractivity contribution is 6.26. The van der Waals surface area contributed by atoms with Gasteiger partial charge in [0.1, 0.15) is 0 Å². The molecule has 0 saturated heterocycles. The minimum absolute atomic E-state index is 0.746. The second kappa shape index (κ2) is 10.1. The summed E-state index contributed by atoms with van der Waals surface area (Å²) < 4.78 is 5.00. The molecule has 0 radical (unpaired) electrons. The van der Waals surface area contributed by atoms with Crippen molar-refractivity contribution in [2.75, 3.05) is 0 Å². The van der Waals surface area contributed by atoms with E-state index in [0.717, 1.165) is 6.54 Å². The summed E-state index contributed by atoms with van der Waals surface area (Å²) in [4.78, 5) is 0. The van der Waals surface area contributed by atoms with Crippen LogP contribution in [0.15, 0.2) is 170 Å². The minimum atomic E-state index is 0.746. The summed E-state index contributed by atoms with van der Waals surface area (Å²) in [6.07, 6.45) is 0. The molecule has 0 aliphatic heterocycles. The third-order valence-corrected chi connectivity index (χ3v) is 10.8. The lowest BCUT2D eigenvalue weighted by Crippen LogP contribution is -2.05. The molecule has 2 heterocycles. The van der Waals surface area contributed by atoms with Crippen molar-refractivity contribution in [1.82, 2.24) is 9.13 Å². The lowest BCUT2D eigenvalue weighted by molar-refractivity contribution is 0.869. The Morgan fingerprint density at radius 3 is 1.47 bits per heavy atom. The van der Waals surface area contributed by atoms with Crippen molar-refractivity contribution in [2.45, 2.75) is 6.54 Å². The van der Waals surface area contributed by atoms with Crippen molar-refractivity contribution in [2.24, 2.45) is 0 Å². The van der Waals surface area contributed by atoms with Gasteiger partial charge in [0.25, 0.3) is 0 Å². The van der Waals surface area contributed by atoms with E-state index in [0.29, 0.717) is 0 Å². The van der Waals surface area contributed by atoms with Crippen LogP contribution in [0, 0.1) is 0 Å². The monoisotopic (exact) mass is 622 g/mol. The van der Waals surface area contributed by atoms with Gasteiger partial charge >= 0.3 is 0 Å². The first-order valence-electron chi connectivity index (χ1n) is 17.1. The highest BCUT2D eigenvalue weighted by Crippen LogP contribution is 2.44. The van der Waals surface area contributed by atoms with Gasteiger partial charge < -0.3 is 9.13 Å². The summed E-state index contributed by atoms with van der Waals surface area (Å²) in [7, 11) is 0. The van der Waals surface area contributed by atoms with E-state index in [1.807, 2.05) is 0 Å². The van der Waals surface area contributed by atoms with Gasteiger partial charge in [-0.25, -0.2) is 0 Å². The molecule has 0 aliphatic carbocycles. The van der Waals surface area contributed by atoms with Crippen LogP contribution in [-0.4, -0.2) is 9.13 Å². The van der Waals surface area contributed by atoms with Crippen LogP contribution in [0.3, 0.4) is 0 Å². The lowest BCUT2D eigenvalue weighted by atomic mass is 9.87. The molecule has 0 atom stereocenters. The molecule has 9 aromatic carbocycles. The maximum atomic E-state index is 2.51. The van der Waals surface area contributed by atoms with Gasteiger partial charge in [-0.05, 0) is 73.8 Å². The normalized spacial score (nSPS) is 12.2. The van der Waals surface area contributed by atoms with E-state index in [1.54, 1.807) is 0 Å². The molecule has 0 saturated carbocycles. The van der Waals surface area contributed by atoms with Gasteiger partial charge in [0, 0.05) is 44.7 Å². The van der Waals surface area contributed by atoms with Gasteiger partial charge in [0.2, 0.25) is 0 Å². The Morgan fingerprint density at radius 1 is 0.347 bits per heavy atom. The molecule has 2 nitrogen and oxygen atoms in total. The number of rotatable bonds is 4. The van der Waals surface area contributed by atoms with E-state index in [-0.39, 0.29) is 0 Å². The zero-order valence-corrected chi connectivity index (χ0v) is 26.8. The molecule has 0 unspecified atom stereocenters. The molecule has 0 bridgehead atoms. The number of hydrogen-bond acceptors (Lipinski definition) is 0. The fourth-order valence-corrected chi connectivity index (χ4v) is 8.70. The van der Waals surface area contributed by atoms with Crippen LogP contribution >= 0.6 is 0 Å². The number of para-hydroxylation sites is 4. The highest BCUT2D eigenvalue weighted by atomic mass is 15.0. The molecular weight excluding hydrogens is 593 g/mol. The van der Waals surface area contributed by atoms with Crippen LogP contribution in [0.2, 0.25) is 0 Å². The summed E-state index contributed by atoms with van der Waals surface area (Å²) in [6.45, 7) is 0.746. The third kappa shape index (κ3) is 3.71. The van der Waals surface area contributed by atoms with E-state index < -0.39 is 0 Å². The summed E-state index contributed by atoms with van der Waals surface area (Å²) in [6, 6.07) is 62.8. The van der Waals surface area contributed by atoms with Crippen LogP contribution in [0.25, 0.3) is 92.7 Å². The minimum Gasteiger partial charge on any atom is -0.336 e. The molecule has 49 heavy (non-hydrogen) atoms. The van der Waals surface area contributed by atoms with E-state index in [2.05, 4.69) is 179 Å². The zero-order valence-electron chi connectivity index (χ0n) is 26.8. The molecule has 0 aliphatic rings. The van der Waals surface area contributed by atoms with Gasteiger partial charge in [-0.1, -0.05) is 140 Å². The maximum absolute atomic E-state index is 2.51. The molecule has 0 fully saturated rings. The van der Waals surface area contributed by atoms with Crippen LogP contribution in [0.4, 0.5) is 0 Å². The third-order valence-electron chi connectivity index (χ3n) is 10.8. The molecule has 11 rings (SSSR count). The van der Waals surface area contributed by atoms with Gasteiger partial charge in [-0.2, -0.15) is 0 Å². The number of aromatic nitrogens is 2. The number of fused-ring (bicyclic) bond motifs is 6. The number of benzene rings is 9. The Morgan fingerprint density at radius 2 is 0.837 bits per heavy atom. The van der Waals surface area contributed by atoms with E-state index in [1.165, 1.54) is 98.3 Å². The molecular formula is C47H30N2. The fourth-order valence-electron chi connectivity index (χ4n) is 8.70. The number of hydrogen-bond donors (Lipinski definition) is 0. The Kier molecular flexibility index (Phi) is 5.47. The van der Waals surface area contributed by atoms with Gasteiger partial charge in [-0.15, -0.1) is 0 Å². The summed E-state index contributed by atoms with van der Waals surface area (Å²) in [5, 5.41) is 13.0. The van der Waals surface area contributed by atoms with E-state index >= 15 is 0 Å². The molecule has 0 N–H and O–H groups in total. The predicted octanol–water partition coefficient (Wildman–Crippen LogP) is 12.5. The molecule has 228 valence electrons. The van der Waals surface area contributed by atoms with Crippen molar-refractivity contribution >= 4 is 75.9 Å². The Bertz CT molecular complexity index is 2960. The van der Waals surface area contributed by atoms with Crippen molar-refractivity contribution in [3.8, 4) is 16.8 Å². The number of nitrogens with zero attached hydrogens (tertiary/aromatic N) is 2. The van der Waals surface area contributed by atoms with Gasteiger partial charge in [-0.3, -0.25) is 0 Å². The van der Waals surface area contributed by atoms with Crippen molar-refractivity contribution in [1.29, 1.82) is 0 Å². The highest BCUT2D eigenvalue weighted by Gasteiger charge is 2.22. The molecule has 11 aromatic rings. The Labute approximate surface area is 283 Å². The van der Waals surface area contributed by atoms with Crippen LogP contribution in [-0.2, 0) is 6.54 Å². The molecule has 0 amide bonds. The van der Waals surface area contributed by atoms with E-state index in [9.17, 15) is 0 Å². The van der Waals surface area contributed by atoms with E-state index in [4.69, 9.17) is 0 Å². The quantitative estimate of drug-likeness (QED) is 0.173. The second-order valence-corrected chi connectivity index (χ2v) is 13.3. The average molecular weight is 623 g/mol. The first-order chi connectivity index (χ1) is 24.3. The second-order valence-electron chi connectivity index (χ2n) is 13.3. The lowest BCUT2D eigenvalue weighted by Gasteiger charge is -2.21. The zero-order chi connectivity index (χ0) is 32.1. The maximum Gasteiger partial charge on any atom is 0.0544 e. The Hall–Kier alpha value is -6.38. The smallest absolute Gasteiger partial charge is 0.0544 e.